The van der Waals surface area contributed by atoms with Crippen LogP contribution in [0, 0.1) is 0 Å². The molecule has 0 aromatic carbocycles. The van der Waals surface area contributed by atoms with Crippen LogP contribution in [0.4, 0.5) is 0 Å². The van der Waals surface area contributed by atoms with Crippen LogP contribution in [-0.2, 0) is 0 Å². The second-order valence-electron chi connectivity index (χ2n) is 0. The summed E-state index contributed by atoms with van der Waals surface area (Å²) in [6.45, 7) is 0. The molecule has 0 saturated carbocycles. The summed E-state index contributed by atoms with van der Waals surface area (Å²) >= 11 is 0. The zero-order chi connectivity index (χ0) is 0. The van der Waals surface area contributed by atoms with E-state index in [9.17, 15) is 0 Å². The van der Waals surface area contributed by atoms with E-state index in [1.54, 1.807) is 0 Å². The molecule has 0 fully saturated rings. The van der Waals surface area contributed by atoms with Gasteiger partial charge >= 0.3 is 0 Å². The molecule has 0 N–H and O–H groups in total. The maximum absolute atomic E-state index is 0. The molecule has 16 radical (unpaired) electrons. The molecule has 0 nitrogen and oxygen atoms in total. The van der Waals surface area contributed by atoms with Crippen LogP contribution in [0.25, 0.3) is 0 Å². The molecular weight excluding hydrogens is 93.2 g/mol. The maximum atomic E-state index is 0. The fourth-order valence-corrected chi connectivity index (χ4v) is 0. The Bertz CT molecular complexity index is 3.90. The van der Waals surface area contributed by atoms with Crippen molar-refractivity contribution in [2.24, 2.45) is 0 Å². The summed E-state index contributed by atoms with van der Waals surface area (Å²) in [7, 11) is 0. The normalized spacial score (nSPS) is 0. The van der Waals surface area contributed by atoms with Crippen molar-refractivity contribution in [1.82, 2.24) is 0 Å². The third-order valence-electron chi connectivity index (χ3n) is 0. The average molecular weight is 93.2 g/mol. The molecule has 16 valence electrons. The second kappa shape index (κ2) is 64.3. The van der Waals surface area contributed by atoms with E-state index >= 15 is 0 Å². The Balaban J connectivity index is 0. The van der Waals surface area contributed by atoms with Gasteiger partial charge in [0, 0.05) is 93.4 Å². The van der Waals surface area contributed by atoms with Crippen molar-refractivity contribution in [3.8, 4) is 0 Å². The Labute approximate surface area is 91.9 Å². The summed E-state index contributed by atoms with van der Waals surface area (Å²) < 4.78 is 0. The van der Waals surface area contributed by atoms with Gasteiger partial charge in [-0.1, -0.05) is 0 Å². The van der Waals surface area contributed by atoms with E-state index in [1.807, 2.05) is 0 Å². The summed E-state index contributed by atoms with van der Waals surface area (Å²) in [6, 6.07) is 0. The molecule has 0 bridgehead atoms. The van der Waals surface area contributed by atoms with Crippen molar-refractivity contribution in [3.63, 3.8) is 0 Å². The fraction of sp³-hybridized carbons (Fsp3) is 0. The summed E-state index contributed by atoms with van der Waals surface area (Å²) in [5.74, 6) is 0. The Hall–Kier alpha value is 1.96. The molecule has 6 heteroatoms. The number of rotatable bonds is 0. The smallest absolute Gasteiger partial charge is 0 e. The van der Waals surface area contributed by atoms with Gasteiger partial charge in [0.2, 0.25) is 0 Å². The molecule has 0 aromatic heterocycles. The zero-order valence-corrected chi connectivity index (χ0v) is 7.01. The van der Waals surface area contributed by atoms with Crippen LogP contribution in [-0.4, -0.2) is 93.4 Å². The van der Waals surface area contributed by atoms with E-state index in [4.69, 9.17) is 0 Å². The Morgan fingerprint density at radius 3 is 0.333 bits per heavy atom. The zero-order valence-electron chi connectivity index (χ0n) is 3.89. The van der Waals surface area contributed by atoms with E-state index < -0.39 is 0 Å². The first kappa shape index (κ1) is 100. The SMILES string of the molecule is [B].[B].[B].[B].[B].[K]. The molecule has 0 rings (SSSR count). The Morgan fingerprint density at radius 1 is 0.333 bits per heavy atom. The molecule has 6 heavy (non-hydrogen) atoms. The second-order valence-corrected chi connectivity index (χ2v) is 0. The first-order valence-electron chi connectivity index (χ1n) is 0. The van der Waals surface area contributed by atoms with Crippen LogP contribution < -0.4 is 0 Å². The third kappa shape index (κ3) is 38.2. The van der Waals surface area contributed by atoms with Crippen molar-refractivity contribution in [1.29, 1.82) is 0 Å². The van der Waals surface area contributed by atoms with Gasteiger partial charge in [-0.25, -0.2) is 0 Å². The number of hydrogen-bond donors (Lipinski definition) is 0. The largest absolute Gasteiger partial charge is 0 e. The fourth-order valence-electron chi connectivity index (χ4n) is 0. The van der Waals surface area contributed by atoms with Gasteiger partial charge in [-0.05, 0) is 0 Å². The molecule has 0 unspecified atom stereocenters. The molecule has 0 heterocycles. The van der Waals surface area contributed by atoms with E-state index in [1.165, 1.54) is 0 Å². The van der Waals surface area contributed by atoms with Gasteiger partial charge in [-0.15, -0.1) is 0 Å². The summed E-state index contributed by atoms with van der Waals surface area (Å²) in [6.07, 6.45) is 0. The van der Waals surface area contributed by atoms with E-state index in [0.717, 1.165) is 0 Å². The van der Waals surface area contributed by atoms with Crippen molar-refractivity contribution >= 4 is 93.4 Å². The Morgan fingerprint density at radius 2 is 0.333 bits per heavy atom. The predicted octanol–water partition coefficient (Wildman–Crippen LogP) is -2.28. The van der Waals surface area contributed by atoms with Gasteiger partial charge in [0.05, 0.1) is 0 Å². The number of hydrogen-bond acceptors (Lipinski definition) is 0. The van der Waals surface area contributed by atoms with Crippen molar-refractivity contribution in [2.75, 3.05) is 0 Å². The minimum Gasteiger partial charge on any atom is 0 e. The molecule has 0 aliphatic rings. The minimum absolute atomic E-state index is 0. The van der Waals surface area contributed by atoms with Gasteiger partial charge < -0.3 is 0 Å². The topological polar surface area (TPSA) is 0 Å². The van der Waals surface area contributed by atoms with Crippen LogP contribution in [0.1, 0.15) is 0 Å². The molecular formula is B5K. The first-order chi connectivity index (χ1) is 0. The van der Waals surface area contributed by atoms with Gasteiger partial charge in [-0.3, -0.25) is 0 Å². The van der Waals surface area contributed by atoms with Crippen molar-refractivity contribution < 1.29 is 0 Å². The minimum atomic E-state index is 0. The van der Waals surface area contributed by atoms with Crippen LogP contribution in [0.5, 0.6) is 0 Å². The van der Waals surface area contributed by atoms with E-state index in [-0.39, 0.29) is 93.4 Å². The first-order valence-corrected chi connectivity index (χ1v) is 0. The van der Waals surface area contributed by atoms with Crippen LogP contribution in [0.2, 0.25) is 0 Å². The molecule has 0 atom stereocenters. The monoisotopic (exact) mass is 94.0 g/mol. The standard InChI is InChI=1S/5B.K. The van der Waals surface area contributed by atoms with Crippen LogP contribution in [0.15, 0.2) is 0 Å². The van der Waals surface area contributed by atoms with Crippen molar-refractivity contribution in [3.05, 3.63) is 0 Å². The molecule has 0 saturated heterocycles. The van der Waals surface area contributed by atoms with Gasteiger partial charge in [0.15, 0.2) is 0 Å². The summed E-state index contributed by atoms with van der Waals surface area (Å²) in [4.78, 5) is 0. The molecule has 0 spiro atoms. The molecule has 0 amide bonds. The Kier molecular flexibility index (Phi) is 1080. The third-order valence-corrected chi connectivity index (χ3v) is 0. The van der Waals surface area contributed by atoms with E-state index in [2.05, 4.69) is 0 Å². The average Bonchev–Trinajstić information content (AvgIpc) is 0. The van der Waals surface area contributed by atoms with Crippen LogP contribution >= 0.6 is 0 Å². The predicted molar refractivity (Wildman–Crippen MR) is 34.5 cm³/mol. The summed E-state index contributed by atoms with van der Waals surface area (Å²) in [5, 5.41) is 0. The molecule has 0 aromatic rings. The van der Waals surface area contributed by atoms with Crippen LogP contribution in [0.3, 0.4) is 0 Å². The van der Waals surface area contributed by atoms with Gasteiger partial charge in [0.25, 0.3) is 0 Å². The quantitative estimate of drug-likeness (QED) is 0.296. The molecule has 0 aliphatic carbocycles. The maximum Gasteiger partial charge on any atom is 0 e. The van der Waals surface area contributed by atoms with Gasteiger partial charge in [-0.2, -0.15) is 0 Å². The molecule has 0 aliphatic heterocycles. The van der Waals surface area contributed by atoms with Gasteiger partial charge in [0.1, 0.15) is 0 Å². The summed E-state index contributed by atoms with van der Waals surface area (Å²) in [5.41, 5.74) is 0. The van der Waals surface area contributed by atoms with Crippen molar-refractivity contribution in [2.45, 2.75) is 0 Å². The van der Waals surface area contributed by atoms with E-state index in [0.29, 0.717) is 0 Å².